The lowest BCUT2D eigenvalue weighted by Crippen LogP contribution is -2.27. The van der Waals surface area contributed by atoms with Crippen molar-refractivity contribution in [1.29, 1.82) is 0 Å². The van der Waals surface area contributed by atoms with Crippen LogP contribution in [0, 0.1) is 0 Å². The number of carboxylic acids is 1. The van der Waals surface area contributed by atoms with Gasteiger partial charge in [0.25, 0.3) is 0 Å². The Kier molecular flexibility index (Phi) is 3.72. The van der Waals surface area contributed by atoms with Crippen molar-refractivity contribution < 1.29 is 32.6 Å². The summed E-state index contributed by atoms with van der Waals surface area (Å²) in [6.07, 6.45) is -5.44. The molecule has 92 valence electrons. The van der Waals surface area contributed by atoms with Crippen LogP contribution in [0.2, 0.25) is 0 Å². The summed E-state index contributed by atoms with van der Waals surface area (Å²) in [5.74, 6) is -3.82. The molecule has 0 radical (unpaired) electrons. The Balaban J connectivity index is 2.79. The average Bonchev–Trinajstić information content (AvgIpc) is 2.15. The van der Waals surface area contributed by atoms with Crippen molar-refractivity contribution in [1.82, 2.24) is 0 Å². The highest BCUT2D eigenvalue weighted by Crippen LogP contribution is 2.20. The molecule has 17 heavy (non-hydrogen) atoms. The fraction of sp³-hybridized carbons (Fsp3) is 0.200. The average molecular weight is 248 g/mol. The highest BCUT2D eigenvalue weighted by Gasteiger charge is 2.41. The Morgan fingerprint density at radius 2 is 1.94 bits per heavy atom. The standard InChI is InChI=1S/C10H7F3O4/c11-10(12,13)9(16)17-7-3-1-2-6(4-7)5-8(14)15/h1-4H,5H2,(H,14,15). The van der Waals surface area contributed by atoms with Crippen LogP contribution in [0.4, 0.5) is 13.2 Å². The second-order valence-electron chi connectivity index (χ2n) is 3.11. The Hall–Kier alpha value is -2.05. The molecule has 7 heteroatoms. The Morgan fingerprint density at radius 3 is 2.47 bits per heavy atom. The van der Waals surface area contributed by atoms with E-state index in [1.165, 1.54) is 12.1 Å². The summed E-state index contributed by atoms with van der Waals surface area (Å²) in [6, 6.07) is 4.91. The zero-order chi connectivity index (χ0) is 13.1. The van der Waals surface area contributed by atoms with Gasteiger partial charge < -0.3 is 9.84 Å². The van der Waals surface area contributed by atoms with Crippen LogP contribution in [0.3, 0.4) is 0 Å². The highest BCUT2D eigenvalue weighted by molar-refractivity contribution is 5.78. The van der Waals surface area contributed by atoms with E-state index in [4.69, 9.17) is 5.11 Å². The SMILES string of the molecule is O=C(O)Cc1cccc(OC(=O)C(F)(F)F)c1. The zero-order valence-corrected chi connectivity index (χ0v) is 8.32. The molecular formula is C10H7F3O4. The van der Waals surface area contributed by atoms with Gasteiger partial charge in [0.1, 0.15) is 5.75 Å². The number of ether oxygens (including phenoxy) is 1. The molecule has 1 aromatic carbocycles. The van der Waals surface area contributed by atoms with E-state index in [1.54, 1.807) is 0 Å². The van der Waals surface area contributed by atoms with Crippen molar-refractivity contribution in [2.45, 2.75) is 12.6 Å². The van der Waals surface area contributed by atoms with E-state index in [-0.39, 0.29) is 17.7 Å². The van der Waals surface area contributed by atoms with Gasteiger partial charge in [-0.25, -0.2) is 4.79 Å². The third kappa shape index (κ3) is 4.13. The van der Waals surface area contributed by atoms with Crippen molar-refractivity contribution >= 4 is 11.9 Å². The summed E-state index contributed by atoms with van der Waals surface area (Å²) in [5.41, 5.74) is 0.241. The van der Waals surface area contributed by atoms with Gasteiger partial charge in [-0.05, 0) is 17.7 Å². The Labute approximate surface area is 93.6 Å². The predicted molar refractivity (Wildman–Crippen MR) is 49.5 cm³/mol. The summed E-state index contributed by atoms with van der Waals surface area (Å²) in [5, 5.41) is 8.48. The van der Waals surface area contributed by atoms with Gasteiger partial charge in [-0.2, -0.15) is 13.2 Å². The van der Waals surface area contributed by atoms with E-state index in [0.29, 0.717) is 0 Å². The number of alkyl halides is 3. The molecule has 0 unspecified atom stereocenters. The Bertz CT molecular complexity index is 439. The molecule has 0 aromatic heterocycles. The van der Waals surface area contributed by atoms with Crippen molar-refractivity contribution in [2.24, 2.45) is 0 Å². The van der Waals surface area contributed by atoms with Gasteiger partial charge in [-0.15, -0.1) is 0 Å². The third-order valence-electron chi connectivity index (χ3n) is 1.70. The van der Waals surface area contributed by atoms with Crippen molar-refractivity contribution in [2.75, 3.05) is 0 Å². The summed E-state index contributed by atoms with van der Waals surface area (Å²) >= 11 is 0. The van der Waals surface area contributed by atoms with Crippen LogP contribution in [0.5, 0.6) is 5.75 Å². The minimum absolute atomic E-state index is 0.241. The van der Waals surface area contributed by atoms with Gasteiger partial charge in [0.05, 0.1) is 6.42 Å². The molecule has 1 rings (SSSR count). The van der Waals surface area contributed by atoms with Crippen LogP contribution in [0.25, 0.3) is 0 Å². The van der Waals surface area contributed by atoms with E-state index in [2.05, 4.69) is 4.74 Å². The molecular weight excluding hydrogens is 241 g/mol. The quantitative estimate of drug-likeness (QED) is 0.654. The third-order valence-corrected chi connectivity index (χ3v) is 1.70. The minimum Gasteiger partial charge on any atom is -0.481 e. The second kappa shape index (κ2) is 4.86. The largest absolute Gasteiger partial charge is 0.491 e. The number of carbonyl (C=O) groups excluding carboxylic acids is 1. The maximum Gasteiger partial charge on any atom is 0.491 e. The first-order chi connectivity index (χ1) is 7.79. The number of carboxylic acid groups (broad SMARTS) is 1. The number of rotatable bonds is 3. The molecule has 0 heterocycles. The van der Waals surface area contributed by atoms with Gasteiger partial charge in [0.15, 0.2) is 0 Å². The number of carbonyl (C=O) groups is 2. The molecule has 0 bridgehead atoms. The van der Waals surface area contributed by atoms with Crippen LogP contribution in [0.15, 0.2) is 24.3 Å². The van der Waals surface area contributed by atoms with Crippen LogP contribution < -0.4 is 4.74 Å². The lowest BCUT2D eigenvalue weighted by molar-refractivity contribution is -0.189. The first-order valence-corrected chi connectivity index (χ1v) is 4.39. The molecule has 0 aliphatic heterocycles. The second-order valence-corrected chi connectivity index (χ2v) is 3.11. The maximum absolute atomic E-state index is 11.9. The number of aliphatic carboxylic acids is 1. The minimum atomic E-state index is -5.08. The molecule has 4 nitrogen and oxygen atoms in total. The molecule has 0 saturated heterocycles. The first kappa shape index (κ1) is 13.0. The van der Waals surface area contributed by atoms with Crippen molar-refractivity contribution in [3.8, 4) is 5.75 Å². The normalized spacial score (nSPS) is 11.0. The maximum atomic E-state index is 11.9. The summed E-state index contributed by atoms with van der Waals surface area (Å²) in [6.45, 7) is 0. The number of hydrogen-bond donors (Lipinski definition) is 1. The molecule has 1 N–H and O–H groups in total. The van der Waals surface area contributed by atoms with Gasteiger partial charge in [0.2, 0.25) is 0 Å². The van der Waals surface area contributed by atoms with E-state index >= 15 is 0 Å². The van der Waals surface area contributed by atoms with Gasteiger partial charge >= 0.3 is 18.1 Å². The lowest BCUT2D eigenvalue weighted by atomic mass is 10.1. The first-order valence-electron chi connectivity index (χ1n) is 4.39. The summed E-state index contributed by atoms with van der Waals surface area (Å²) in [4.78, 5) is 20.9. The Morgan fingerprint density at radius 1 is 1.29 bits per heavy atom. The van der Waals surface area contributed by atoms with Crippen LogP contribution in [0.1, 0.15) is 5.56 Å². The molecule has 0 saturated carbocycles. The number of benzene rings is 1. The summed E-state index contributed by atoms with van der Waals surface area (Å²) < 4.78 is 39.7. The predicted octanol–water partition coefficient (Wildman–Crippen LogP) is 1.78. The van der Waals surface area contributed by atoms with Crippen LogP contribution in [-0.4, -0.2) is 23.2 Å². The number of halogens is 3. The fourth-order valence-corrected chi connectivity index (χ4v) is 1.06. The molecule has 0 amide bonds. The molecule has 0 aliphatic rings. The lowest BCUT2D eigenvalue weighted by Gasteiger charge is -2.07. The number of hydrogen-bond acceptors (Lipinski definition) is 3. The number of esters is 1. The smallest absolute Gasteiger partial charge is 0.481 e. The topological polar surface area (TPSA) is 63.6 Å². The van der Waals surface area contributed by atoms with E-state index in [1.807, 2.05) is 0 Å². The van der Waals surface area contributed by atoms with E-state index in [0.717, 1.165) is 12.1 Å². The van der Waals surface area contributed by atoms with Crippen molar-refractivity contribution in [3.63, 3.8) is 0 Å². The fourth-order valence-electron chi connectivity index (χ4n) is 1.06. The molecule has 1 aromatic rings. The van der Waals surface area contributed by atoms with E-state index in [9.17, 15) is 22.8 Å². The molecule has 0 fully saturated rings. The molecule has 0 spiro atoms. The summed E-state index contributed by atoms with van der Waals surface area (Å²) in [7, 11) is 0. The van der Waals surface area contributed by atoms with Gasteiger partial charge in [0, 0.05) is 0 Å². The molecule has 0 atom stereocenters. The monoisotopic (exact) mass is 248 g/mol. The van der Waals surface area contributed by atoms with E-state index < -0.39 is 18.1 Å². The highest BCUT2D eigenvalue weighted by atomic mass is 19.4. The molecule has 0 aliphatic carbocycles. The van der Waals surface area contributed by atoms with Crippen molar-refractivity contribution in [3.05, 3.63) is 29.8 Å². The van der Waals surface area contributed by atoms with Crippen LogP contribution >= 0.6 is 0 Å². The zero-order valence-electron chi connectivity index (χ0n) is 8.32. The van der Waals surface area contributed by atoms with Gasteiger partial charge in [-0.1, -0.05) is 12.1 Å². The van der Waals surface area contributed by atoms with Crippen LogP contribution in [-0.2, 0) is 16.0 Å². The van der Waals surface area contributed by atoms with Gasteiger partial charge in [-0.3, -0.25) is 4.79 Å².